The first-order chi connectivity index (χ1) is 9.04. The topological polar surface area (TPSA) is 66.8 Å². The molecular weight excluding hydrogens is 246 g/mol. The van der Waals surface area contributed by atoms with Gasteiger partial charge in [-0.15, -0.1) is 0 Å². The van der Waals surface area contributed by atoms with E-state index in [4.69, 9.17) is 9.84 Å². The molecule has 1 aliphatic heterocycles. The molecule has 5 heteroatoms. The van der Waals surface area contributed by atoms with Crippen LogP contribution >= 0.6 is 0 Å². The first kappa shape index (κ1) is 13.4. The van der Waals surface area contributed by atoms with Crippen molar-refractivity contribution in [1.29, 1.82) is 0 Å². The summed E-state index contributed by atoms with van der Waals surface area (Å²) in [5.74, 6) is -0.820. The standard InChI is InChI=1S/C14H17NO4/c1-3-9(2)13(16)15-8-12(14(17)18)19-11-7-5-4-6-10(11)15/h4-7,9,12H,3,8H2,1-2H3,(H,17,18). The van der Waals surface area contributed by atoms with E-state index in [2.05, 4.69) is 0 Å². The molecule has 2 unspecified atom stereocenters. The average molecular weight is 263 g/mol. The van der Waals surface area contributed by atoms with E-state index in [1.165, 1.54) is 4.90 Å². The summed E-state index contributed by atoms with van der Waals surface area (Å²) < 4.78 is 5.39. The van der Waals surface area contributed by atoms with E-state index < -0.39 is 12.1 Å². The lowest BCUT2D eigenvalue weighted by Gasteiger charge is -2.34. The number of para-hydroxylation sites is 2. The molecule has 2 rings (SSSR count). The number of hydrogen-bond acceptors (Lipinski definition) is 3. The fraction of sp³-hybridized carbons (Fsp3) is 0.429. The molecule has 0 saturated heterocycles. The second kappa shape index (κ2) is 5.30. The minimum absolute atomic E-state index is 0.0511. The highest BCUT2D eigenvalue weighted by molar-refractivity contribution is 5.97. The molecule has 5 nitrogen and oxygen atoms in total. The zero-order chi connectivity index (χ0) is 14.0. The monoisotopic (exact) mass is 263 g/mol. The second-order valence-corrected chi connectivity index (χ2v) is 4.67. The van der Waals surface area contributed by atoms with E-state index in [0.29, 0.717) is 11.4 Å². The van der Waals surface area contributed by atoms with Crippen LogP contribution in [0.4, 0.5) is 5.69 Å². The number of fused-ring (bicyclic) bond motifs is 1. The first-order valence-electron chi connectivity index (χ1n) is 6.34. The van der Waals surface area contributed by atoms with Crippen molar-refractivity contribution < 1.29 is 19.4 Å². The van der Waals surface area contributed by atoms with Crippen LogP contribution in [0, 0.1) is 5.92 Å². The molecule has 0 radical (unpaired) electrons. The van der Waals surface area contributed by atoms with Crippen molar-refractivity contribution in [2.24, 2.45) is 5.92 Å². The second-order valence-electron chi connectivity index (χ2n) is 4.67. The number of carbonyl (C=O) groups is 2. The number of amides is 1. The zero-order valence-corrected chi connectivity index (χ0v) is 11.0. The van der Waals surface area contributed by atoms with Gasteiger partial charge in [0.15, 0.2) is 0 Å². The van der Waals surface area contributed by atoms with Crippen LogP contribution in [0.25, 0.3) is 0 Å². The van der Waals surface area contributed by atoms with Gasteiger partial charge in [0.1, 0.15) is 5.75 Å². The Balaban J connectivity index is 2.36. The van der Waals surface area contributed by atoms with Crippen molar-refractivity contribution in [1.82, 2.24) is 0 Å². The van der Waals surface area contributed by atoms with Gasteiger partial charge in [-0.05, 0) is 18.6 Å². The molecule has 0 bridgehead atoms. The van der Waals surface area contributed by atoms with Crippen molar-refractivity contribution in [3.05, 3.63) is 24.3 Å². The Morgan fingerprint density at radius 1 is 1.47 bits per heavy atom. The number of carboxylic acids is 1. The smallest absolute Gasteiger partial charge is 0.346 e. The maximum absolute atomic E-state index is 12.3. The van der Waals surface area contributed by atoms with Crippen LogP contribution < -0.4 is 9.64 Å². The lowest BCUT2D eigenvalue weighted by atomic mass is 10.1. The molecule has 19 heavy (non-hydrogen) atoms. The lowest BCUT2D eigenvalue weighted by molar-refractivity contribution is -0.145. The van der Waals surface area contributed by atoms with Crippen LogP contribution in [-0.4, -0.2) is 29.6 Å². The van der Waals surface area contributed by atoms with Gasteiger partial charge in [-0.25, -0.2) is 4.79 Å². The Hall–Kier alpha value is -2.04. The van der Waals surface area contributed by atoms with Gasteiger partial charge in [0, 0.05) is 5.92 Å². The molecule has 0 aliphatic carbocycles. The number of hydrogen-bond donors (Lipinski definition) is 1. The van der Waals surface area contributed by atoms with Crippen LogP contribution in [0.1, 0.15) is 20.3 Å². The summed E-state index contributed by atoms with van der Waals surface area (Å²) >= 11 is 0. The van der Waals surface area contributed by atoms with Gasteiger partial charge in [-0.3, -0.25) is 4.79 Å². The highest BCUT2D eigenvalue weighted by Gasteiger charge is 2.34. The quantitative estimate of drug-likeness (QED) is 0.904. The van der Waals surface area contributed by atoms with E-state index >= 15 is 0 Å². The molecule has 1 heterocycles. The summed E-state index contributed by atoms with van der Waals surface area (Å²) in [7, 11) is 0. The van der Waals surface area contributed by atoms with Crippen LogP contribution in [0.3, 0.4) is 0 Å². The van der Waals surface area contributed by atoms with Gasteiger partial charge in [0.2, 0.25) is 12.0 Å². The van der Waals surface area contributed by atoms with Crippen LogP contribution in [0.15, 0.2) is 24.3 Å². The van der Waals surface area contributed by atoms with Crippen LogP contribution in [0.2, 0.25) is 0 Å². The van der Waals surface area contributed by atoms with E-state index in [1.807, 2.05) is 13.8 Å². The van der Waals surface area contributed by atoms with E-state index in [-0.39, 0.29) is 18.4 Å². The van der Waals surface area contributed by atoms with Crippen LogP contribution in [0.5, 0.6) is 5.75 Å². The van der Waals surface area contributed by atoms with Gasteiger partial charge >= 0.3 is 5.97 Å². The van der Waals surface area contributed by atoms with Gasteiger partial charge in [-0.2, -0.15) is 0 Å². The highest BCUT2D eigenvalue weighted by atomic mass is 16.5. The van der Waals surface area contributed by atoms with E-state index in [1.54, 1.807) is 24.3 Å². The minimum Gasteiger partial charge on any atom is -0.478 e. The maximum Gasteiger partial charge on any atom is 0.346 e. The number of ether oxygens (including phenoxy) is 1. The number of nitrogens with zero attached hydrogens (tertiary/aromatic N) is 1. The number of aliphatic carboxylic acids is 1. The van der Waals surface area contributed by atoms with Crippen molar-refractivity contribution in [2.75, 3.05) is 11.4 Å². The summed E-state index contributed by atoms with van der Waals surface area (Å²) in [4.78, 5) is 25.0. The third-order valence-corrected chi connectivity index (χ3v) is 3.35. The van der Waals surface area contributed by atoms with Crippen molar-refractivity contribution in [3.8, 4) is 5.75 Å². The molecule has 102 valence electrons. The van der Waals surface area contributed by atoms with Gasteiger partial charge < -0.3 is 14.7 Å². The molecule has 1 N–H and O–H groups in total. The molecule has 1 aliphatic rings. The molecule has 0 fully saturated rings. The molecule has 1 aromatic carbocycles. The fourth-order valence-electron chi connectivity index (χ4n) is 2.01. The first-order valence-corrected chi connectivity index (χ1v) is 6.34. The Bertz CT molecular complexity index is 500. The molecular formula is C14H17NO4. The van der Waals surface area contributed by atoms with Gasteiger partial charge in [-0.1, -0.05) is 26.0 Å². The summed E-state index contributed by atoms with van der Waals surface area (Å²) in [6.45, 7) is 3.83. The molecule has 1 aromatic rings. The molecule has 0 aromatic heterocycles. The van der Waals surface area contributed by atoms with Crippen molar-refractivity contribution in [2.45, 2.75) is 26.4 Å². The minimum atomic E-state index is -1.06. The maximum atomic E-state index is 12.3. The lowest BCUT2D eigenvalue weighted by Crippen LogP contribution is -2.48. The number of carboxylic acid groups (broad SMARTS) is 1. The Morgan fingerprint density at radius 2 is 2.16 bits per heavy atom. The third kappa shape index (κ3) is 2.54. The summed E-state index contributed by atoms with van der Waals surface area (Å²) in [5, 5.41) is 9.10. The largest absolute Gasteiger partial charge is 0.478 e. The number of anilines is 1. The molecule has 2 atom stereocenters. The van der Waals surface area contributed by atoms with E-state index in [9.17, 15) is 9.59 Å². The van der Waals surface area contributed by atoms with Gasteiger partial charge in [0.25, 0.3) is 0 Å². The van der Waals surface area contributed by atoms with Crippen molar-refractivity contribution in [3.63, 3.8) is 0 Å². The Morgan fingerprint density at radius 3 is 2.79 bits per heavy atom. The summed E-state index contributed by atoms with van der Waals surface area (Å²) in [6.07, 6.45) is -0.293. The summed E-state index contributed by atoms with van der Waals surface area (Å²) in [5.41, 5.74) is 0.644. The third-order valence-electron chi connectivity index (χ3n) is 3.35. The Labute approximate surface area is 111 Å². The number of benzene rings is 1. The zero-order valence-electron chi connectivity index (χ0n) is 11.0. The van der Waals surface area contributed by atoms with Gasteiger partial charge in [0.05, 0.1) is 12.2 Å². The molecule has 1 amide bonds. The fourth-order valence-corrected chi connectivity index (χ4v) is 2.01. The highest BCUT2D eigenvalue weighted by Crippen LogP contribution is 2.34. The van der Waals surface area contributed by atoms with Crippen LogP contribution in [-0.2, 0) is 9.59 Å². The Kier molecular flexibility index (Phi) is 3.74. The predicted octanol–water partition coefficient (Wildman–Crippen LogP) is 1.91. The average Bonchev–Trinajstić information content (AvgIpc) is 2.44. The predicted molar refractivity (Wildman–Crippen MR) is 70.3 cm³/mol. The molecule has 0 spiro atoms. The summed E-state index contributed by atoms with van der Waals surface area (Å²) in [6, 6.07) is 7.02. The number of rotatable bonds is 3. The van der Waals surface area contributed by atoms with E-state index in [0.717, 1.165) is 6.42 Å². The number of carbonyl (C=O) groups excluding carboxylic acids is 1. The molecule has 0 saturated carbocycles. The normalized spacial score (nSPS) is 19.3. The SMILES string of the molecule is CCC(C)C(=O)N1CC(C(=O)O)Oc2ccccc21. The van der Waals surface area contributed by atoms with Crippen molar-refractivity contribution >= 4 is 17.6 Å².